The van der Waals surface area contributed by atoms with Crippen LogP contribution in [0.3, 0.4) is 0 Å². The summed E-state index contributed by atoms with van der Waals surface area (Å²) in [5, 5.41) is 27.0. The number of hydrogen-bond donors (Lipinski definition) is 2. The minimum atomic E-state index is -0.503. The van der Waals surface area contributed by atoms with Crippen LogP contribution in [-0.2, 0) is 32.3 Å². The summed E-state index contributed by atoms with van der Waals surface area (Å²) in [6, 6.07) is 13.7. The summed E-state index contributed by atoms with van der Waals surface area (Å²) in [6.45, 7) is 5.09. The molecule has 16 heteroatoms. The maximum Gasteiger partial charge on any atom is 0.290 e. The van der Waals surface area contributed by atoms with Crippen molar-refractivity contribution in [3.05, 3.63) is 60.0 Å². The molecule has 1 spiro atoms. The molecule has 2 atom stereocenters. The molecule has 16 nitrogen and oxygen atoms in total. The number of likely N-dealkylation sites (tertiary alicyclic amines) is 1. The summed E-state index contributed by atoms with van der Waals surface area (Å²) < 4.78 is 16.0. The number of carbonyl (C=O) groups excluding carboxylic acids is 3. The molecule has 8 rings (SSSR count). The fourth-order valence-corrected chi connectivity index (χ4v) is 7.04. The van der Waals surface area contributed by atoms with Gasteiger partial charge in [0.2, 0.25) is 17.7 Å². The first-order chi connectivity index (χ1) is 24.3. The van der Waals surface area contributed by atoms with Crippen molar-refractivity contribution >= 4 is 35.1 Å². The molecule has 3 amide bonds. The van der Waals surface area contributed by atoms with E-state index in [0.717, 1.165) is 16.5 Å². The van der Waals surface area contributed by atoms with E-state index >= 15 is 0 Å². The number of amides is 3. The van der Waals surface area contributed by atoms with Crippen LogP contribution in [0.4, 0.5) is 0 Å². The van der Waals surface area contributed by atoms with Gasteiger partial charge in [0.1, 0.15) is 12.4 Å². The third-order valence-electron chi connectivity index (χ3n) is 9.63. The van der Waals surface area contributed by atoms with Gasteiger partial charge >= 0.3 is 0 Å². The van der Waals surface area contributed by atoms with E-state index in [0.29, 0.717) is 82.6 Å². The van der Waals surface area contributed by atoms with Crippen molar-refractivity contribution in [3.63, 3.8) is 0 Å². The fourth-order valence-electron chi connectivity index (χ4n) is 7.04. The van der Waals surface area contributed by atoms with Gasteiger partial charge in [-0.1, -0.05) is 30.3 Å². The van der Waals surface area contributed by atoms with Crippen molar-refractivity contribution in [1.82, 2.24) is 45.1 Å². The number of nitrogens with zero attached hydrogens (tertiary/aromatic N) is 8. The number of carboxylic acid groups (broad SMARTS) is 1. The smallest absolute Gasteiger partial charge is 0.290 e. The van der Waals surface area contributed by atoms with E-state index in [2.05, 4.69) is 25.9 Å². The second kappa shape index (κ2) is 15.3. The van der Waals surface area contributed by atoms with Gasteiger partial charge in [0, 0.05) is 67.8 Å². The number of nitrogens with one attached hydrogen (secondary N) is 1. The Morgan fingerprint density at radius 3 is 2.70 bits per heavy atom. The van der Waals surface area contributed by atoms with E-state index in [1.165, 1.54) is 0 Å². The van der Waals surface area contributed by atoms with Crippen LogP contribution in [0.25, 0.3) is 10.9 Å². The molecule has 50 heavy (non-hydrogen) atoms. The monoisotopic (exact) mass is 687 g/mol. The lowest BCUT2D eigenvalue weighted by atomic mass is 9.73. The predicted molar refractivity (Wildman–Crippen MR) is 178 cm³/mol. The number of hydrogen-bond acceptors (Lipinski definition) is 10. The van der Waals surface area contributed by atoms with E-state index in [4.69, 9.17) is 19.4 Å². The topological polar surface area (TPSA) is 187 Å². The lowest BCUT2D eigenvalue weighted by Gasteiger charge is -2.40. The molecule has 6 heterocycles. The van der Waals surface area contributed by atoms with Crippen molar-refractivity contribution < 1.29 is 33.8 Å². The Bertz CT molecular complexity index is 1840. The van der Waals surface area contributed by atoms with Gasteiger partial charge in [0.15, 0.2) is 11.5 Å². The molecule has 1 fully saturated rings. The third-order valence-corrected chi connectivity index (χ3v) is 9.63. The summed E-state index contributed by atoms with van der Waals surface area (Å²) in [7, 11) is 0. The Kier molecular flexibility index (Phi) is 10.5. The number of fused-ring (bicyclic) bond motifs is 12. The van der Waals surface area contributed by atoms with Gasteiger partial charge in [0.25, 0.3) is 6.47 Å². The summed E-state index contributed by atoms with van der Waals surface area (Å²) in [6.07, 6.45) is 3.46. The minimum Gasteiger partial charge on any atom is -0.490 e. The SMILES string of the molecule is Cc1nnnn1CCC(=O)N1CCCOc2cccc3c2OC[C@@]2(CNC(=O)CCC1)CN(C(=O)Cn1ncc4ccccc41)C[C@@H]32.O=CO. The van der Waals surface area contributed by atoms with Gasteiger partial charge in [-0.3, -0.25) is 23.9 Å². The molecule has 264 valence electrons. The molecule has 4 aromatic rings. The maximum absolute atomic E-state index is 13.7. The Labute approximate surface area is 288 Å². The van der Waals surface area contributed by atoms with Gasteiger partial charge in [-0.15, -0.1) is 5.10 Å². The summed E-state index contributed by atoms with van der Waals surface area (Å²) in [5.41, 5.74) is 1.39. The van der Waals surface area contributed by atoms with Gasteiger partial charge < -0.3 is 29.7 Å². The molecular weight excluding hydrogens is 646 g/mol. The van der Waals surface area contributed by atoms with Crippen LogP contribution < -0.4 is 14.8 Å². The van der Waals surface area contributed by atoms with E-state index in [1.54, 1.807) is 27.4 Å². The third kappa shape index (κ3) is 7.38. The highest BCUT2D eigenvalue weighted by molar-refractivity contribution is 5.82. The fraction of sp³-hybridized carbons (Fsp3) is 0.471. The zero-order valence-corrected chi connectivity index (χ0v) is 27.9. The predicted octanol–water partition coefficient (Wildman–Crippen LogP) is 1.63. The molecular formula is C34H41N9O7. The van der Waals surface area contributed by atoms with E-state index < -0.39 is 5.41 Å². The lowest BCUT2D eigenvalue weighted by molar-refractivity contribution is -0.132. The average molecular weight is 688 g/mol. The molecule has 2 N–H and O–H groups in total. The van der Waals surface area contributed by atoms with Crippen LogP contribution in [0, 0.1) is 12.3 Å². The van der Waals surface area contributed by atoms with Crippen LogP contribution in [0.5, 0.6) is 11.5 Å². The Hall–Kier alpha value is -5.54. The van der Waals surface area contributed by atoms with Crippen LogP contribution in [-0.4, -0.2) is 115 Å². The number of aromatic nitrogens is 6. The zero-order chi connectivity index (χ0) is 35.1. The van der Waals surface area contributed by atoms with Gasteiger partial charge in [-0.05, 0) is 42.3 Å². The van der Waals surface area contributed by atoms with Crippen LogP contribution in [0.1, 0.15) is 43.0 Å². The second-order valence-electron chi connectivity index (χ2n) is 12.8. The van der Waals surface area contributed by atoms with Crippen LogP contribution >= 0.6 is 0 Å². The maximum atomic E-state index is 13.7. The van der Waals surface area contributed by atoms with Gasteiger partial charge in [0.05, 0.1) is 31.5 Å². The van der Waals surface area contributed by atoms with Crippen molar-refractivity contribution in [2.45, 2.75) is 51.6 Å². The quantitative estimate of drug-likeness (QED) is 0.291. The molecule has 0 radical (unpaired) electrons. The summed E-state index contributed by atoms with van der Waals surface area (Å²) >= 11 is 0. The van der Waals surface area contributed by atoms with Gasteiger partial charge in [-0.2, -0.15) is 5.10 Å². The number of rotatable bonds is 5. The first-order valence-corrected chi connectivity index (χ1v) is 16.7. The van der Waals surface area contributed by atoms with Crippen molar-refractivity contribution in [2.24, 2.45) is 5.41 Å². The normalized spacial score (nSPS) is 20.6. The number of benzene rings is 2. The minimum absolute atomic E-state index is 0.0193. The number of tetrazole rings is 1. The van der Waals surface area contributed by atoms with E-state index in [9.17, 15) is 14.4 Å². The highest BCUT2D eigenvalue weighted by Gasteiger charge is 2.53. The highest BCUT2D eigenvalue weighted by atomic mass is 16.5. The molecule has 4 bridgehead atoms. The van der Waals surface area contributed by atoms with Gasteiger partial charge in [-0.25, -0.2) is 4.68 Å². The van der Waals surface area contributed by atoms with Crippen molar-refractivity contribution in [1.29, 1.82) is 0 Å². The average Bonchev–Trinajstić information content (AvgIpc) is 3.84. The largest absolute Gasteiger partial charge is 0.490 e. The Morgan fingerprint density at radius 1 is 1.06 bits per heavy atom. The molecule has 0 saturated carbocycles. The second-order valence-corrected chi connectivity index (χ2v) is 12.8. The molecule has 0 unspecified atom stereocenters. The molecule has 4 aliphatic rings. The van der Waals surface area contributed by atoms with Crippen molar-refractivity contribution in [3.8, 4) is 11.5 Å². The number of ether oxygens (including phenoxy) is 2. The molecule has 4 aliphatic heterocycles. The molecule has 0 aliphatic carbocycles. The molecule has 2 aromatic heterocycles. The zero-order valence-electron chi connectivity index (χ0n) is 27.9. The van der Waals surface area contributed by atoms with Crippen LogP contribution in [0.15, 0.2) is 48.7 Å². The number of carbonyl (C=O) groups is 4. The summed E-state index contributed by atoms with van der Waals surface area (Å²) in [4.78, 5) is 52.1. The Balaban J connectivity index is 0.00000139. The summed E-state index contributed by atoms with van der Waals surface area (Å²) in [5.74, 6) is 1.80. The molecule has 1 saturated heterocycles. The van der Waals surface area contributed by atoms with Crippen LogP contribution in [0.2, 0.25) is 0 Å². The van der Waals surface area contributed by atoms with E-state index in [-0.39, 0.29) is 49.5 Å². The molecule has 2 aromatic carbocycles. The lowest BCUT2D eigenvalue weighted by Crippen LogP contribution is -2.48. The Morgan fingerprint density at radius 2 is 1.88 bits per heavy atom. The number of para-hydroxylation sites is 2. The first kappa shape index (κ1) is 34.3. The van der Waals surface area contributed by atoms with E-state index in [1.807, 2.05) is 47.4 Å². The number of aryl methyl sites for hydroxylation is 2. The first-order valence-electron chi connectivity index (χ1n) is 16.7. The standard InChI is InChI=1S/C33H39N9O5.CH2O2/c1-23-36-37-38-41(23)15-12-30(44)39-13-5-11-29(43)34-20-33-21-40(31(45)19-42-27-9-3-2-7-24(27)17-35-42)18-26(33)25-8-4-10-28(32(25)47-22-33)46-16-6-14-39;2-1-3/h2-4,7-10,17,26H,5-6,11-16,18-22H2,1H3,(H,34,43);1H,(H,2,3)/t26-,33+;/m0./s1. The van der Waals surface area contributed by atoms with Crippen molar-refractivity contribution in [2.75, 3.05) is 45.9 Å². The highest BCUT2D eigenvalue weighted by Crippen LogP contribution is 2.52.